The molecule has 0 bridgehead atoms. The summed E-state index contributed by atoms with van der Waals surface area (Å²) in [5.41, 5.74) is 8.21. The summed E-state index contributed by atoms with van der Waals surface area (Å²) in [4.78, 5) is 4.53. The van der Waals surface area contributed by atoms with Crippen molar-refractivity contribution < 1.29 is 4.52 Å². The number of hydrogen-bond donors (Lipinski definition) is 1. The molecule has 3 rings (SSSR count). The highest BCUT2D eigenvalue weighted by Gasteiger charge is 2.41. The normalized spacial score (nSPS) is 22.5. The molecule has 1 aromatic carbocycles. The third kappa shape index (κ3) is 1.87. The van der Waals surface area contributed by atoms with Gasteiger partial charge in [0.2, 0.25) is 5.89 Å². The van der Waals surface area contributed by atoms with Crippen molar-refractivity contribution in [2.45, 2.75) is 44.6 Å². The van der Waals surface area contributed by atoms with E-state index in [1.165, 1.54) is 5.56 Å². The summed E-state index contributed by atoms with van der Waals surface area (Å²) in [6.07, 6.45) is 1.79. The second-order valence-electron chi connectivity index (χ2n) is 6.30. The van der Waals surface area contributed by atoms with Crippen LogP contribution in [0.25, 0.3) is 0 Å². The highest BCUT2D eigenvalue weighted by Crippen LogP contribution is 2.39. The molecule has 1 aliphatic rings. The van der Waals surface area contributed by atoms with Crippen LogP contribution in [-0.2, 0) is 17.4 Å². The Morgan fingerprint density at radius 3 is 2.68 bits per heavy atom. The van der Waals surface area contributed by atoms with E-state index in [1.54, 1.807) is 0 Å². The number of rotatable bonds is 1. The van der Waals surface area contributed by atoms with Gasteiger partial charge in [-0.15, -0.1) is 0 Å². The fourth-order valence-electron chi connectivity index (χ4n) is 2.58. The van der Waals surface area contributed by atoms with Gasteiger partial charge in [-0.2, -0.15) is 4.98 Å². The zero-order valence-electron chi connectivity index (χ0n) is 11.6. The van der Waals surface area contributed by atoms with E-state index in [9.17, 15) is 0 Å². The largest absolute Gasteiger partial charge is 0.339 e. The third-order valence-electron chi connectivity index (χ3n) is 3.75. The minimum absolute atomic E-state index is 0.153. The van der Waals surface area contributed by atoms with Gasteiger partial charge in [-0.05, 0) is 24.0 Å². The summed E-state index contributed by atoms with van der Waals surface area (Å²) in [5, 5.41) is 4.12. The Kier molecular flexibility index (Phi) is 2.54. The molecule has 1 aliphatic carbocycles. The Hall–Kier alpha value is -1.68. The van der Waals surface area contributed by atoms with Crippen molar-refractivity contribution in [3.05, 3.63) is 47.1 Å². The number of fused-ring (bicyclic) bond motifs is 1. The van der Waals surface area contributed by atoms with Crippen LogP contribution in [0.5, 0.6) is 0 Å². The molecule has 19 heavy (non-hydrogen) atoms. The van der Waals surface area contributed by atoms with Crippen LogP contribution in [-0.4, -0.2) is 10.1 Å². The first-order chi connectivity index (χ1) is 8.91. The highest BCUT2D eigenvalue weighted by atomic mass is 16.5. The molecular weight excluding hydrogens is 238 g/mol. The van der Waals surface area contributed by atoms with Crippen LogP contribution in [0, 0.1) is 0 Å². The predicted molar refractivity (Wildman–Crippen MR) is 72.7 cm³/mol. The number of benzene rings is 1. The number of hydrogen-bond acceptors (Lipinski definition) is 4. The molecule has 1 atom stereocenters. The van der Waals surface area contributed by atoms with Crippen molar-refractivity contribution in [2.75, 3.05) is 0 Å². The first-order valence-electron chi connectivity index (χ1n) is 6.63. The van der Waals surface area contributed by atoms with Crippen LogP contribution < -0.4 is 5.73 Å². The maximum absolute atomic E-state index is 6.56. The Morgan fingerprint density at radius 1 is 1.26 bits per heavy atom. The Balaban J connectivity index is 2.06. The lowest BCUT2D eigenvalue weighted by molar-refractivity contribution is 0.313. The topological polar surface area (TPSA) is 64.9 Å². The molecule has 0 aliphatic heterocycles. The molecule has 0 saturated heterocycles. The van der Waals surface area contributed by atoms with E-state index >= 15 is 0 Å². The molecule has 0 spiro atoms. The van der Waals surface area contributed by atoms with E-state index in [0.717, 1.165) is 18.4 Å². The lowest BCUT2D eigenvalue weighted by atomic mass is 9.92. The predicted octanol–water partition coefficient (Wildman–Crippen LogP) is 2.52. The number of nitrogens with two attached hydrogens (primary N) is 1. The quantitative estimate of drug-likeness (QED) is 0.852. The fraction of sp³-hybridized carbons (Fsp3) is 0.467. The number of aryl methyl sites for hydroxylation is 1. The number of aromatic nitrogens is 2. The molecule has 2 aromatic rings. The first-order valence-corrected chi connectivity index (χ1v) is 6.63. The van der Waals surface area contributed by atoms with Crippen molar-refractivity contribution in [1.82, 2.24) is 10.1 Å². The summed E-state index contributed by atoms with van der Waals surface area (Å²) in [6, 6.07) is 8.24. The van der Waals surface area contributed by atoms with Crippen molar-refractivity contribution in [1.29, 1.82) is 0 Å². The van der Waals surface area contributed by atoms with Gasteiger partial charge in [0.05, 0.1) is 0 Å². The van der Waals surface area contributed by atoms with Crippen LogP contribution in [0.3, 0.4) is 0 Å². The molecule has 0 fully saturated rings. The average Bonchev–Trinajstić information content (AvgIpc) is 2.96. The SMILES string of the molecule is CC(C)(C)c1nc(C2(N)CCc3ccccc32)no1. The lowest BCUT2D eigenvalue weighted by Gasteiger charge is -2.21. The second kappa shape index (κ2) is 3.90. The minimum atomic E-state index is -0.608. The van der Waals surface area contributed by atoms with E-state index < -0.39 is 5.54 Å². The molecule has 4 nitrogen and oxygen atoms in total. The van der Waals surface area contributed by atoms with Crippen molar-refractivity contribution in [3.8, 4) is 0 Å². The van der Waals surface area contributed by atoms with Crippen LogP contribution in [0.1, 0.15) is 50.0 Å². The van der Waals surface area contributed by atoms with E-state index in [1.807, 2.05) is 12.1 Å². The second-order valence-corrected chi connectivity index (χ2v) is 6.30. The first kappa shape index (κ1) is 12.4. The Morgan fingerprint density at radius 2 is 2.00 bits per heavy atom. The van der Waals surface area contributed by atoms with Gasteiger partial charge < -0.3 is 10.3 Å². The molecule has 1 heterocycles. The van der Waals surface area contributed by atoms with E-state index in [2.05, 4.69) is 43.0 Å². The van der Waals surface area contributed by atoms with Crippen LogP contribution in [0.4, 0.5) is 0 Å². The Bertz CT molecular complexity index is 612. The molecule has 4 heteroatoms. The van der Waals surface area contributed by atoms with Crippen LogP contribution in [0.15, 0.2) is 28.8 Å². The van der Waals surface area contributed by atoms with Gasteiger partial charge in [-0.25, -0.2) is 0 Å². The van der Waals surface area contributed by atoms with Crippen LogP contribution in [0.2, 0.25) is 0 Å². The minimum Gasteiger partial charge on any atom is -0.339 e. The zero-order valence-corrected chi connectivity index (χ0v) is 11.6. The monoisotopic (exact) mass is 257 g/mol. The molecule has 0 saturated carbocycles. The number of nitrogens with zero attached hydrogens (tertiary/aromatic N) is 2. The van der Waals surface area contributed by atoms with Gasteiger partial charge in [0.15, 0.2) is 5.82 Å². The average molecular weight is 257 g/mol. The Labute approximate surface area is 113 Å². The molecule has 1 aromatic heterocycles. The summed E-state index contributed by atoms with van der Waals surface area (Å²) in [6.45, 7) is 6.15. The van der Waals surface area contributed by atoms with Gasteiger partial charge in [0.1, 0.15) is 5.54 Å². The summed E-state index contributed by atoms with van der Waals surface area (Å²) in [7, 11) is 0. The molecule has 0 amide bonds. The fourth-order valence-corrected chi connectivity index (χ4v) is 2.58. The highest BCUT2D eigenvalue weighted by molar-refractivity contribution is 5.42. The van der Waals surface area contributed by atoms with Crippen molar-refractivity contribution in [2.24, 2.45) is 5.73 Å². The molecule has 0 radical (unpaired) electrons. The maximum Gasteiger partial charge on any atom is 0.232 e. The van der Waals surface area contributed by atoms with Gasteiger partial charge in [0.25, 0.3) is 0 Å². The lowest BCUT2D eigenvalue weighted by Crippen LogP contribution is -2.36. The van der Waals surface area contributed by atoms with Crippen molar-refractivity contribution in [3.63, 3.8) is 0 Å². The van der Waals surface area contributed by atoms with Crippen LogP contribution >= 0.6 is 0 Å². The van der Waals surface area contributed by atoms with E-state index in [0.29, 0.717) is 11.7 Å². The molecule has 2 N–H and O–H groups in total. The maximum atomic E-state index is 6.56. The third-order valence-corrected chi connectivity index (χ3v) is 3.75. The van der Waals surface area contributed by atoms with Gasteiger partial charge in [-0.1, -0.05) is 50.2 Å². The molecule has 1 unspecified atom stereocenters. The van der Waals surface area contributed by atoms with Gasteiger partial charge in [-0.3, -0.25) is 0 Å². The molecular formula is C15H19N3O. The smallest absolute Gasteiger partial charge is 0.232 e. The summed E-state index contributed by atoms with van der Waals surface area (Å²) in [5.74, 6) is 1.24. The standard InChI is InChI=1S/C15H19N3O/c1-14(2,3)13-17-12(18-19-13)15(16)9-8-10-6-4-5-7-11(10)15/h4-7H,8-9,16H2,1-3H3. The van der Waals surface area contributed by atoms with E-state index in [4.69, 9.17) is 10.3 Å². The van der Waals surface area contributed by atoms with Gasteiger partial charge in [0, 0.05) is 5.41 Å². The summed E-state index contributed by atoms with van der Waals surface area (Å²) < 4.78 is 5.38. The van der Waals surface area contributed by atoms with Gasteiger partial charge >= 0.3 is 0 Å². The van der Waals surface area contributed by atoms with Crippen molar-refractivity contribution >= 4 is 0 Å². The summed E-state index contributed by atoms with van der Waals surface area (Å²) >= 11 is 0. The van der Waals surface area contributed by atoms with E-state index in [-0.39, 0.29) is 5.41 Å². The molecule has 100 valence electrons. The zero-order chi connectivity index (χ0) is 13.7.